The molecule has 0 aromatic carbocycles. The second-order valence-corrected chi connectivity index (χ2v) is 4.84. The van der Waals surface area contributed by atoms with Crippen LogP contribution in [0.15, 0.2) is 12.3 Å². The van der Waals surface area contributed by atoms with Crippen molar-refractivity contribution in [2.75, 3.05) is 5.32 Å². The van der Waals surface area contributed by atoms with E-state index < -0.39 is 16.4 Å². The van der Waals surface area contributed by atoms with Crippen molar-refractivity contribution in [1.29, 1.82) is 0 Å². The Hall–Kier alpha value is -1.89. The highest BCUT2D eigenvalue weighted by Gasteiger charge is 2.22. The minimum Gasteiger partial charge on any atom is -0.370 e. The number of rotatable bonds is 5. The molecule has 98 valence electrons. The summed E-state index contributed by atoms with van der Waals surface area (Å²) in [5.74, 6) is -0.195. The first kappa shape index (κ1) is 14.2. The second kappa shape index (κ2) is 5.18. The number of nitrogens with zero attached hydrogens (tertiary/aromatic N) is 2. The molecule has 0 saturated carbocycles. The Morgan fingerprint density at radius 3 is 2.72 bits per heavy atom. The van der Waals surface area contributed by atoms with Crippen molar-refractivity contribution in [2.24, 2.45) is 5.73 Å². The summed E-state index contributed by atoms with van der Waals surface area (Å²) in [4.78, 5) is 24.7. The van der Waals surface area contributed by atoms with Gasteiger partial charge in [0.1, 0.15) is 12.0 Å². The molecule has 0 bridgehead atoms. The van der Waals surface area contributed by atoms with Crippen LogP contribution in [0, 0.1) is 10.1 Å². The molecule has 0 aliphatic carbocycles. The number of aromatic nitrogens is 1. The Morgan fingerprint density at radius 1 is 1.67 bits per heavy atom. The van der Waals surface area contributed by atoms with Gasteiger partial charge in [-0.15, -0.1) is 0 Å². The molecule has 1 aromatic heterocycles. The van der Waals surface area contributed by atoms with Gasteiger partial charge in [0.2, 0.25) is 5.91 Å². The first-order chi connectivity index (χ1) is 8.21. The predicted octanol–water partition coefficient (Wildman–Crippen LogP) is 1.71. The molecule has 0 aliphatic heterocycles. The molecular weight excluding hydrogens is 260 g/mol. The molecule has 0 atom stereocenters. The molecule has 1 heterocycles. The van der Waals surface area contributed by atoms with Crippen LogP contribution in [-0.2, 0) is 4.79 Å². The van der Waals surface area contributed by atoms with E-state index in [1.54, 1.807) is 13.8 Å². The Balaban J connectivity index is 2.92. The van der Waals surface area contributed by atoms with Crippen LogP contribution < -0.4 is 11.1 Å². The number of carbonyl (C=O) groups is 1. The van der Waals surface area contributed by atoms with E-state index in [1.165, 1.54) is 6.07 Å². The van der Waals surface area contributed by atoms with Gasteiger partial charge < -0.3 is 11.1 Å². The molecule has 0 radical (unpaired) electrons. The van der Waals surface area contributed by atoms with Crippen molar-refractivity contribution < 1.29 is 9.72 Å². The van der Waals surface area contributed by atoms with E-state index in [1.807, 2.05) is 0 Å². The van der Waals surface area contributed by atoms with Crippen molar-refractivity contribution in [1.82, 2.24) is 4.98 Å². The fraction of sp³-hybridized carbons (Fsp3) is 0.400. The number of anilines is 1. The summed E-state index contributed by atoms with van der Waals surface area (Å²) in [5, 5.41) is 13.6. The van der Waals surface area contributed by atoms with E-state index in [9.17, 15) is 14.9 Å². The number of hydrogen-bond acceptors (Lipinski definition) is 5. The van der Waals surface area contributed by atoms with Gasteiger partial charge in [-0.3, -0.25) is 14.9 Å². The molecular formula is C10H13ClN4O3. The van der Waals surface area contributed by atoms with Gasteiger partial charge in [-0.05, 0) is 13.8 Å². The number of nitrogens with one attached hydrogen (secondary N) is 1. The van der Waals surface area contributed by atoms with Gasteiger partial charge in [-0.2, -0.15) is 0 Å². The van der Waals surface area contributed by atoms with Crippen LogP contribution in [0.25, 0.3) is 0 Å². The van der Waals surface area contributed by atoms with Crippen LogP contribution >= 0.6 is 11.6 Å². The van der Waals surface area contributed by atoms with Crippen molar-refractivity contribution in [3.05, 3.63) is 27.4 Å². The molecule has 1 rings (SSSR count). The maximum absolute atomic E-state index is 10.9. The molecule has 1 amide bonds. The summed E-state index contributed by atoms with van der Waals surface area (Å²) in [6, 6.07) is 1.19. The van der Waals surface area contributed by atoms with Crippen LogP contribution in [-0.4, -0.2) is 21.4 Å². The summed E-state index contributed by atoms with van der Waals surface area (Å²) < 4.78 is 0. The molecule has 7 nitrogen and oxygen atoms in total. The summed E-state index contributed by atoms with van der Waals surface area (Å²) in [7, 11) is 0. The maximum atomic E-state index is 10.9. The van der Waals surface area contributed by atoms with Crippen molar-refractivity contribution in [3.8, 4) is 0 Å². The van der Waals surface area contributed by atoms with Crippen molar-refractivity contribution in [3.63, 3.8) is 0 Å². The largest absolute Gasteiger partial charge is 0.370 e. The van der Waals surface area contributed by atoms with E-state index in [0.29, 0.717) is 0 Å². The van der Waals surface area contributed by atoms with E-state index in [2.05, 4.69) is 10.3 Å². The molecule has 0 spiro atoms. The fourth-order valence-corrected chi connectivity index (χ4v) is 1.63. The highest BCUT2D eigenvalue weighted by molar-refractivity contribution is 6.33. The zero-order valence-corrected chi connectivity index (χ0v) is 10.7. The lowest BCUT2D eigenvalue weighted by Gasteiger charge is -2.25. The highest BCUT2D eigenvalue weighted by Crippen LogP contribution is 2.27. The van der Waals surface area contributed by atoms with Gasteiger partial charge in [0.05, 0.1) is 9.95 Å². The molecule has 0 fully saturated rings. The summed E-state index contributed by atoms with van der Waals surface area (Å²) >= 11 is 5.87. The Bertz CT molecular complexity index is 490. The summed E-state index contributed by atoms with van der Waals surface area (Å²) in [6.07, 6.45) is 1.18. The minimum absolute atomic E-state index is 0.0853. The third-order valence-corrected chi connectivity index (χ3v) is 2.40. The number of amides is 1. The SMILES string of the molecule is CC(C)(CC(N)=O)Nc1ncc([N+](=O)[O-])cc1Cl. The Kier molecular flexibility index (Phi) is 4.07. The lowest BCUT2D eigenvalue weighted by molar-refractivity contribution is -0.385. The lowest BCUT2D eigenvalue weighted by atomic mass is 10.0. The van der Waals surface area contributed by atoms with Crippen LogP contribution in [0.4, 0.5) is 11.5 Å². The Morgan fingerprint density at radius 2 is 2.28 bits per heavy atom. The maximum Gasteiger partial charge on any atom is 0.289 e. The number of nitrogens with two attached hydrogens (primary N) is 1. The lowest BCUT2D eigenvalue weighted by Crippen LogP contribution is -2.36. The molecule has 1 aromatic rings. The molecule has 0 aliphatic rings. The van der Waals surface area contributed by atoms with E-state index in [4.69, 9.17) is 17.3 Å². The smallest absolute Gasteiger partial charge is 0.289 e. The zero-order chi connectivity index (χ0) is 13.9. The van der Waals surface area contributed by atoms with Crippen LogP contribution in [0.5, 0.6) is 0 Å². The number of nitro groups is 1. The minimum atomic E-state index is -0.640. The van der Waals surface area contributed by atoms with Gasteiger partial charge in [0.15, 0.2) is 0 Å². The van der Waals surface area contributed by atoms with Crippen LogP contribution in [0.2, 0.25) is 5.02 Å². The predicted molar refractivity (Wildman–Crippen MR) is 67.4 cm³/mol. The third kappa shape index (κ3) is 3.85. The van der Waals surface area contributed by atoms with Gasteiger partial charge >= 0.3 is 0 Å². The quantitative estimate of drug-likeness (QED) is 0.626. The van der Waals surface area contributed by atoms with Crippen LogP contribution in [0.1, 0.15) is 20.3 Å². The van der Waals surface area contributed by atoms with Crippen molar-refractivity contribution in [2.45, 2.75) is 25.8 Å². The number of pyridine rings is 1. The van der Waals surface area contributed by atoms with E-state index in [0.717, 1.165) is 6.20 Å². The molecule has 0 saturated heterocycles. The molecule has 8 heteroatoms. The number of carbonyl (C=O) groups excluding carboxylic acids is 1. The third-order valence-electron chi connectivity index (χ3n) is 2.11. The Labute approximate surface area is 108 Å². The standard InChI is InChI=1S/C10H13ClN4O3/c1-10(2,4-8(12)16)14-9-7(11)3-6(5-13-9)15(17)18/h3,5H,4H2,1-2H3,(H2,12,16)(H,13,14). The zero-order valence-electron chi connectivity index (χ0n) is 9.94. The first-order valence-electron chi connectivity index (χ1n) is 5.08. The van der Waals surface area contributed by atoms with E-state index >= 15 is 0 Å². The monoisotopic (exact) mass is 272 g/mol. The number of primary amides is 1. The average Bonchev–Trinajstić information content (AvgIpc) is 2.18. The first-order valence-corrected chi connectivity index (χ1v) is 5.45. The summed E-state index contributed by atoms with van der Waals surface area (Å²) in [5.41, 5.74) is 4.28. The van der Waals surface area contributed by atoms with Gasteiger partial charge in [0.25, 0.3) is 5.69 Å². The molecule has 3 N–H and O–H groups in total. The fourth-order valence-electron chi connectivity index (χ4n) is 1.42. The summed E-state index contributed by atoms with van der Waals surface area (Å²) in [6.45, 7) is 3.49. The van der Waals surface area contributed by atoms with E-state index in [-0.39, 0.29) is 22.9 Å². The van der Waals surface area contributed by atoms with Gasteiger partial charge in [-0.1, -0.05) is 11.6 Å². The topological polar surface area (TPSA) is 111 Å². The van der Waals surface area contributed by atoms with Gasteiger partial charge in [-0.25, -0.2) is 4.98 Å². The molecule has 0 unspecified atom stereocenters. The number of halogens is 1. The molecule has 18 heavy (non-hydrogen) atoms. The highest BCUT2D eigenvalue weighted by atomic mass is 35.5. The van der Waals surface area contributed by atoms with Gasteiger partial charge in [0, 0.05) is 18.0 Å². The number of hydrogen-bond donors (Lipinski definition) is 2. The van der Waals surface area contributed by atoms with Crippen molar-refractivity contribution >= 4 is 29.0 Å². The normalized spacial score (nSPS) is 11.1. The average molecular weight is 273 g/mol. The second-order valence-electron chi connectivity index (χ2n) is 4.43. The van der Waals surface area contributed by atoms with Crippen LogP contribution in [0.3, 0.4) is 0 Å².